The summed E-state index contributed by atoms with van der Waals surface area (Å²) < 4.78 is 27.9. The molecule has 6 nitrogen and oxygen atoms in total. The fourth-order valence-electron chi connectivity index (χ4n) is 1.45. The molecule has 0 radical (unpaired) electrons. The fraction of sp³-hybridized carbons (Fsp3) is 0.462. The highest BCUT2D eigenvalue weighted by atomic mass is 32.2. The number of amides is 1. The molecule has 0 heterocycles. The average Bonchev–Trinajstić information content (AvgIpc) is 2.38. The second-order valence-corrected chi connectivity index (χ2v) is 6.56. The lowest BCUT2D eigenvalue weighted by molar-refractivity contribution is -0.122. The van der Waals surface area contributed by atoms with Gasteiger partial charge in [0.2, 0.25) is 5.91 Å². The number of carbonyl (C=O) groups is 1. The van der Waals surface area contributed by atoms with Crippen LogP contribution in [-0.2, 0) is 14.6 Å². The van der Waals surface area contributed by atoms with E-state index in [9.17, 15) is 13.2 Å². The molecule has 0 aliphatic rings. The Hall–Kier alpha value is -1.60. The monoisotopic (exact) mass is 300 g/mol. The Morgan fingerprint density at radius 3 is 2.45 bits per heavy atom. The quantitative estimate of drug-likeness (QED) is 0.756. The molecule has 0 aromatic heterocycles. The number of rotatable bonds is 7. The molecule has 0 aliphatic carbocycles. The van der Waals surface area contributed by atoms with Crippen molar-refractivity contribution in [1.29, 1.82) is 0 Å². The molecule has 3 N–H and O–H groups in total. The number of nitrogens with one attached hydrogen (secondary N) is 1. The van der Waals surface area contributed by atoms with Crippen LogP contribution in [0.2, 0.25) is 0 Å². The molecule has 0 unspecified atom stereocenters. The van der Waals surface area contributed by atoms with Gasteiger partial charge in [-0.1, -0.05) is 0 Å². The molecular formula is C13H20N2O4S. The smallest absolute Gasteiger partial charge is 0.223 e. The maximum Gasteiger partial charge on any atom is 0.223 e. The molecule has 0 spiro atoms. The average molecular weight is 300 g/mol. The van der Waals surface area contributed by atoms with E-state index in [1.165, 1.54) is 12.1 Å². The van der Waals surface area contributed by atoms with E-state index in [1.54, 1.807) is 12.1 Å². The van der Waals surface area contributed by atoms with Gasteiger partial charge in [-0.15, -0.1) is 0 Å². The third-order valence-corrected chi connectivity index (χ3v) is 3.74. The summed E-state index contributed by atoms with van der Waals surface area (Å²) in [5.74, 6) is 0.396. The van der Waals surface area contributed by atoms with Crippen LogP contribution >= 0.6 is 0 Å². The molecule has 0 aliphatic heterocycles. The maximum absolute atomic E-state index is 11.5. The zero-order valence-corrected chi connectivity index (χ0v) is 12.4. The van der Waals surface area contributed by atoms with Crippen molar-refractivity contribution in [1.82, 2.24) is 5.32 Å². The molecule has 1 rings (SSSR count). The topological polar surface area (TPSA) is 98.5 Å². The molecule has 1 atom stereocenters. The summed E-state index contributed by atoms with van der Waals surface area (Å²) in [6.07, 6.45) is 1.37. The van der Waals surface area contributed by atoms with Crippen LogP contribution in [0.3, 0.4) is 0 Å². The van der Waals surface area contributed by atoms with Crippen molar-refractivity contribution in [2.45, 2.75) is 24.3 Å². The molecular weight excluding hydrogens is 280 g/mol. The van der Waals surface area contributed by atoms with E-state index < -0.39 is 9.84 Å². The zero-order chi connectivity index (χ0) is 15.2. The number of ether oxygens (including phenoxy) is 1. The van der Waals surface area contributed by atoms with Gasteiger partial charge in [0, 0.05) is 18.8 Å². The fourth-order valence-corrected chi connectivity index (χ4v) is 2.08. The van der Waals surface area contributed by atoms with Crippen LogP contribution in [0.25, 0.3) is 0 Å². The summed E-state index contributed by atoms with van der Waals surface area (Å²) >= 11 is 0. The van der Waals surface area contributed by atoms with Crippen LogP contribution in [0.5, 0.6) is 5.75 Å². The predicted octanol–water partition coefficient (Wildman–Crippen LogP) is 0.322. The summed E-state index contributed by atoms with van der Waals surface area (Å²) in [7, 11) is -3.20. The Kier molecular flexibility index (Phi) is 5.97. The molecule has 0 saturated heterocycles. The van der Waals surface area contributed by atoms with Gasteiger partial charge in [0.25, 0.3) is 0 Å². The molecule has 1 aromatic carbocycles. The summed E-state index contributed by atoms with van der Waals surface area (Å²) in [6, 6.07) is 6.02. The SMILES string of the molecule is C[C@@H](CN)NC(=O)CCOc1ccc(S(C)(=O)=O)cc1. The first-order valence-electron chi connectivity index (χ1n) is 6.25. The van der Waals surface area contributed by atoms with E-state index in [1.807, 2.05) is 6.92 Å². The highest BCUT2D eigenvalue weighted by Gasteiger charge is 2.08. The van der Waals surface area contributed by atoms with Gasteiger partial charge >= 0.3 is 0 Å². The lowest BCUT2D eigenvalue weighted by Gasteiger charge is -2.11. The molecule has 7 heteroatoms. The minimum absolute atomic E-state index is 0.0588. The van der Waals surface area contributed by atoms with Gasteiger partial charge in [-0.2, -0.15) is 0 Å². The number of hydrogen-bond acceptors (Lipinski definition) is 5. The van der Waals surface area contributed by atoms with Gasteiger partial charge in [-0.25, -0.2) is 8.42 Å². The largest absolute Gasteiger partial charge is 0.493 e. The summed E-state index contributed by atoms with van der Waals surface area (Å²) in [6.45, 7) is 2.43. The molecule has 1 aromatic rings. The second-order valence-electron chi connectivity index (χ2n) is 4.55. The summed E-state index contributed by atoms with van der Waals surface area (Å²) in [5.41, 5.74) is 5.39. The van der Waals surface area contributed by atoms with Crippen LogP contribution in [0.4, 0.5) is 0 Å². The number of nitrogens with two attached hydrogens (primary N) is 1. The number of carbonyl (C=O) groups excluding carboxylic acids is 1. The van der Waals surface area contributed by atoms with Crippen LogP contribution < -0.4 is 15.8 Å². The number of hydrogen-bond donors (Lipinski definition) is 2. The maximum atomic E-state index is 11.5. The van der Waals surface area contributed by atoms with E-state index in [0.717, 1.165) is 6.26 Å². The summed E-state index contributed by atoms with van der Waals surface area (Å²) in [5, 5.41) is 2.72. The molecule has 0 fully saturated rings. The second kappa shape index (κ2) is 7.25. The third kappa shape index (κ3) is 5.58. The molecule has 112 valence electrons. The molecule has 1 amide bonds. The predicted molar refractivity (Wildman–Crippen MR) is 76.3 cm³/mol. The van der Waals surface area contributed by atoms with Crippen LogP contribution in [0.15, 0.2) is 29.2 Å². The molecule has 20 heavy (non-hydrogen) atoms. The van der Waals surface area contributed by atoms with E-state index in [-0.39, 0.29) is 29.9 Å². The lowest BCUT2D eigenvalue weighted by atomic mass is 10.3. The Balaban J connectivity index is 2.41. The van der Waals surface area contributed by atoms with E-state index in [2.05, 4.69) is 5.32 Å². The van der Waals surface area contributed by atoms with Crippen molar-refractivity contribution in [3.63, 3.8) is 0 Å². The number of sulfone groups is 1. The number of benzene rings is 1. The summed E-state index contributed by atoms with van der Waals surface area (Å²) in [4.78, 5) is 11.7. The minimum atomic E-state index is -3.20. The Morgan fingerprint density at radius 2 is 1.95 bits per heavy atom. The van der Waals surface area contributed by atoms with Crippen molar-refractivity contribution in [3.05, 3.63) is 24.3 Å². The van der Waals surface area contributed by atoms with Gasteiger partial charge < -0.3 is 15.8 Å². The first-order valence-corrected chi connectivity index (χ1v) is 8.14. The van der Waals surface area contributed by atoms with Crippen molar-refractivity contribution < 1.29 is 17.9 Å². The van der Waals surface area contributed by atoms with Crippen LogP contribution in [0, 0.1) is 0 Å². The van der Waals surface area contributed by atoms with Gasteiger partial charge in [-0.05, 0) is 31.2 Å². The molecule has 0 bridgehead atoms. The van der Waals surface area contributed by atoms with E-state index in [0.29, 0.717) is 12.3 Å². The normalized spacial score (nSPS) is 12.8. The Labute approximate surface area is 119 Å². The van der Waals surface area contributed by atoms with Gasteiger partial charge in [0.15, 0.2) is 9.84 Å². The van der Waals surface area contributed by atoms with Gasteiger partial charge in [0.05, 0.1) is 17.9 Å². The first kappa shape index (κ1) is 16.5. The standard InChI is InChI=1S/C13H20N2O4S/c1-10(9-14)15-13(16)7-8-19-11-3-5-12(6-4-11)20(2,17)18/h3-6,10H,7-9,14H2,1-2H3,(H,15,16)/t10-/m0/s1. The Morgan fingerprint density at radius 1 is 1.35 bits per heavy atom. The van der Waals surface area contributed by atoms with Gasteiger partial charge in [-0.3, -0.25) is 4.79 Å². The lowest BCUT2D eigenvalue weighted by Crippen LogP contribution is -2.38. The third-order valence-electron chi connectivity index (χ3n) is 2.61. The Bertz CT molecular complexity index is 540. The van der Waals surface area contributed by atoms with Crippen LogP contribution in [0.1, 0.15) is 13.3 Å². The van der Waals surface area contributed by atoms with Crippen molar-refractivity contribution in [2.75, 3.05) is 19.4 Å². The van der Waals surface area contributed by atoms with Crippen molar-refractivity contribution in [3.8, 4) is 5.75 Å². The van der Waals surface area contributed by atoms with Crippen LogP contribution in [-0.4, -0.2) is 39.8 Å². The minimum Gasteiger partial charge on any atom is -0.493 e. The zero-order valence-electron chi connectivity index (χ0n) is 11.6. The molecule has 0 saturated carbocycles. The van der Waals surface area contributed by atoms with Crippen molar-refractivity contribution >= 4 is 15.7 Å². The van der Waals surface area contributed by atoms with Crippen molar-refractivity contribution in [2.24, 2.45) is 5.73 Å². The first-order chi connectivity index (χ1) is 9.32. The van der Waals surface area contributed by atoms with E-state index in [4.69, 9.17) is 10.5 Å². The van der Waals surface area contributed by atoms with E-state index >= 15 is 0 Å². The highest BCUT2D eigenvalue weighted by Crippen LogP contribution is 2.15. The highest BCUT2D eigenvalue weighted by molar-refractivity contribution is 7.90. The van der Waals surface area contributed by atoms with Gasteiger partial charge in [0.1, 0.15) is 5.75 Å².